The van der Waals surface area contributed by atoms with Gasteiger partial charge >= 0.3 is 0 Å². The zero-order valence-electron chi connectivity index (χ0n) is 17.9. The maximum absolute atomic E-state index is 12.8. The zero-order valence-corrected chi connectivity index (χ0v) is 18.7. The van der Waals surface area contributed by atoms with Gasteiger partial charge in [0, 0.05) is 36.5 Å². The standard InChI is InChI=1S/C24H26ClN5O2/c1-32-21-9-7-20(8-10-21)28-22-11-12-26-24(29-22)30-13-3-5-18(16-30)23(31)27-15-17-4-2-6-19(25)14-17/h2,4,6-12,14,18H,3,5,13,15-16H2,1H3,(H,27,31)(H,26,28,29). The third kappa shape index (κ3) is 5.68. The highest BCUT2D eigenvalue weighted by molar-refractivity contribution is 6.30. The summed E-state index contributed by atoms with van der Waals surface area (Å²) in [6.07, 6.45) is 3.49. The molecule has 1 aromatic heterocycles. The van der Waals surface area contributed by atoms with Crippen LogP contribution in [0.15, 0.2) is 60.8 Å². The number of anilines is 3. The molecular weight excluding hydrogens is 426 g/mol. The summed E-state index contributed by atoms with van der Waals surface area (Å²) in [5, 5.41) is 6.99. The van der Waals surface area contributed by atoms with Crippen molar-refractivity contribution in [3.05, 3.63) is 71.4 Å². The molecule has 1 amide bonds. The van der Waals surface area contributed by atoms with Crippen molar-refractivity contribution in [1.82, 2.24) is 15.3 Å². The monoisotopic (exact) mass is 451 g/mol. The number of aromatic nitrogens is 2. The largest absolute Gasteiger partial charge is 0.497 e. The van der Waals surface area contributed by atoms with Gasteiger partial charge < -0.3 is 20.3 Å². The number of benzene rings is 2. The van der Waals surface area contributed by atoms with Gasteiger partial charge in [0.2, 0.25) is 11.9 Å². The van der Waals surface area contributed by atoms with Crippen LogP contribution in [-0.2, 0) is 11.3 Å². The number of nitrogens with zero attached hydrogens (tertiary/aromatic N) is 3. The van der Waals surface area contributed by atoms with Gasteiger partial charge in [-0.25, -0.2) is 4.98 Å². The summed E-state index contributed by atoms with van der Waals surface area (Å²) in [4.78, 5) is 23.9. The molecule has 0 bridgehead atoms. The van der Waals surface area contributed by atoms with Crippen molar-refractivity contribution < 1.29 is 9.53 Å². The van der Waals surface area contributed by atoms with Gasteiger partial charge in [0.1, 0.15) is 11.6 Å². The quantitative estimate of drug-likeness (QED) is 0.553. The van der Waals surface area contributed by atoms with E-state index in [-0.39, 0.29) is 11.8 Å². The molecule has 3 aromatic rings. The molecule has 0 aliphatic carbocycles. The van der Waals surface area contributed by atoms with E-state index in [1.54, 1.807) is 13.3 Å². The first kappa shape index (κ1) is 21.9. The normalized spacial score (nSPS) is 15.8. The minimum Gasteiger partial charge on any atom is -0.497 e. The lowest BCUT2D eigenvalue weighted by Crippen LogP contribution is -2.43. The van der Waals surface area contributed by atoms with Crippen LogP contribution in [0.4, 0.5) is 17.5 Å². The van der Waals surface area contributed by atoms with Gasteiger partial charge in [0.25, 0.3) is 0 Å². The molecule has 166 valence electrons. The molecule has 2 N–H and O–H groups in total. The highest BCUT2D eigenvalue weighted by Gasteiger charge is 2.27. The number of hydrogen-bond donors (Lipinski definition) is 2. The molecule has 0 spiro atoms. The molecule has 2 aromatic carbocycles. The summed E-state index contributed by atoms with van der Waals surface area (Å²) in [6.45, 7) is 1.88. The molecular formula is C24H26ClN5O2. The summed E-state index contributed by atoms with van der Waals surface area (Å²) in [7, 11) is 1.64. The molecule has 7 nitrogen and oxygen atoms in total. The molecule has 32 heavy (non-hydrogen) atoms. The Labute approximate surface area is 192 Å². The van der Waals surface area contributed by atoms with Crippen LogP contribution in [0, 0.1) is 5.92 Å². The van der Waals surface area contributed by atoms with Crippen LogP contribution in [0.2, 0.25) is 5.02 Å². The van der Waals surface area contributed by atoms with E-state index in [1.807, 2.05) is 54.6 Å². The number of amides is 1. The fourth-order valence-electron chi connectivity index (χ4n) is 3.75. The minimum absolute atomic E-state index is 0.0437. The predicted octanol–water partition coefficient (Wildman–Crippen LogP) is 4.42. The minimum atomic E-state index is -0.107. The van der Waals surface area contributed by atoms with Gasteiger partial charge in [-0.3, -0.25) is 4.79 Å². The van der Waals surface area contributed by atoms with Gasteiger partial charge in [0.15, 0.2) is 0 Å². The Kier molecular flexibility index (Phi) is 7.07. The van der Waals surface area contributed by atoms with Gasteiger partial charge in [-0.05, 0) is 60.9 Å². The molecule has 1 saturated heterocycles. The lowest BCUT2D eigenvalue weighted by atomic mass is 9.97. The summed E-state index contributed by atoms with van der Waals surface area (Å²) in [5.74, 6) is 2.06. The smallest absolute Gasteiger partial charge is 0.227 e. The summed E-state index contributed by atoms with van der Waals surface area (Å²) >= 11 is 6.03. The van der Waals surface area contributed by atoms with Crippen molar-refractivity contribution in [2.24, 2.45) is 5.92 Å². The second-order valence-electron chi connectivity index (χ2n) is 7.73. The van der Waals surface area contributed by atoms with Crippen molar-refractivity contribution >= 4 is 35.0 Å². The summed E-state index contributed by atoms with van der Waals surface area (Å²) in [5.41, 5.74) is 1.89. The molecule has 4 rings (SSSR count). The lowest BCUT2D eigenvalue weighted by Gasteiger charge is -2.32. The number of methoxy groups -OCH3 is 1. The van der Waals surface area contributed by atoms with E-state index < -0.39 is 0 Å². The van der Waals surface area contributed by atoms with E-state index in [0.717, 1.165) is 36.4 Å². The average Bonchev–Trinajstić information content (AvgIpc) is 2.83. The van der Waals surface area contributed by atoms with Gasteiger partial charge in [-0.15, -0.1) is 0 Å². The van der Waals surface area contributed by atoms with Crippen LogP contribution in [-0.4, -0.2) is 36.1 Å². The molecule has 1 atom stereocenters. The van der Waals surface area contributed by atoms with Crippen LogP contribution in [0.5, 0.6) is 5.75 Å². The third-order valence-corrected chi connectivity index (χ3v) is 5.67. The molecule has 2 heterocycles. The van der Waals surface area contributed by atoms with Crippen LogP contribution >= 0.6 is 11.6 Å². The van der Waals surface area contributed by atoms with E-state index in [4.69, 9.17) is 16.3 Å². The first-order valence-corrected chi connectivity index (χ1v) is 11.0. The number of halogens is 1. The Balaban J connectivity index is 1.37. The summed E-state index contributed by atoms with van der Waals surface area (Å²) < 4.78 is 5.20. The maximum atomic E-state index is 12.8. The zero-order chi connectivity index (χ0) is 22.3. The molecule has 0 radical (unpaired) electrons. The fourth-order valence-corrected chi connectivity index (χ4v) is 3.96. The lowest BCUT2D eigenvalue weighted by molar-refractivity contribution is -0.125. The van der Waals surface area contributed by atoms with Crippen LogP contribution in [0.3, 0.4) is 0 Å². The second-order valence-corrected chi connectivity index (χ2v) is 8.16. The van der Waals surface area contributed by atoms with Gasteiger partial charge in [0.05, 0.1) is 13.0 Å². The SMILES string of the molecule is COc1ccc(Nc2ccnc(N3CCCC(C(=O)NCc4cccc(Cl)c4)C3)n2)cc1. The first-order valence-electron chi connectivity index (χ1n) is 10.6. The van der Waals surface area contributed by atoms with E-state index in [0.29, 0.717) is 29.9 Å². The Hall–Kier alpha value is -3.32. The molecule has 1 aliphatic heterocycles. The Bertz CT molecular complexity index is 1060. The maximum Gasteiger partial charge on any atom is 0.227 e. The van der Waals surface area contributed by atoms with E-state index in [2.05, 4.69) is 25.5 Å². The molecule has 1 aliphatic rings. The van der Waals surface area contributed by atoms with Crippen LogP contribution in [0.25, 0.3) is 0 Å². The Morgan fingerprint density at radius 2 is 2.06 bits per heavy atom. The van der Waals surface area contributed by atoms with Crippen molar-refractivity contribution in [3.63, 3.8) is 0 Å². The van der Waals surface area contributed by atoms with E-state index >= 15 is 0 Å². The Morgan fingerprint density at radius 1 is 1.22 bits per heavy atom. The van der Waals surface area contributed by atoms with Gasteiger partial charge in [-0.2, -0.15) is 4.98 Å². The topological polar surface area (TPSA) is 79.4 Å². The van der Waals surface area contributed by atoms with Crippen molar-refractivity contribution in [1.29, 1.82) is 0 Å². The average molecular weight is 452 g/mol. The van der Waals surface area contributed by atoms with Gasteiger partial charge in [-0.1, -0.05) is 23.7 Å². The summed E-state index contributed by atoms with van der Waals surface area (Å²) in [6, 6.07) is 17.0. The highest BCUT2D eigenvalue weighted by atomic mass is 35.5. The first-order chi connectivity index (χ1) is 15.6. The van der Waals surface area contributed by atoms with Crippen molar-refractivity contribution in [3.8, 4) is 5.75 Å². The molecule has 1 unspecified atom stereocenters. The Morgan fingerprint density at radius 3 is 2.84 bits per heavy atom. The van der Waals surface area contributed by atoms with E-state index in [9.17, 15) is 4.79 Å². The highest BCUT2D eigenvalue weighted by Crippen LogP contribution is 2.23. The number of ether oxygens (including phenoxy) is 1. The second kappa shape index (κ2) is 10.3. The fraction of sp³-hybridized carbons (Fsp3) is 0.292. The number of piperidine rings is 1. The number of rotatable bonds is 7. The predicted molar refractivity (Wildman–Crippen MR) is 127 cm³/mol. The number of carbonyl (C=O) groups excluding carboxylic acids is 1. The van der Waals surface area contributed by atoms with Crippen molar-refractivity contribution in [2.45, 2.75) is 19.4 Å². The number of carbonyl (C=O) groups is 1. The van der Waals surface area contributed by atoms with Crippen LogP contribution in [0.1, 0.15) is 18.4 Å². The molecule has 8 heteroatoms. The molecule has 1 fully saturated rings. The number of hydrogen-bond acceptors (Lipinski definition) is 6. The number of nitrogens with one attached hydrogen (secondary N) is 2. The van der Waals surface area contributed by atoms with Crippen LogP contribution < -0.4 is 20.3 Å². The molecule has 0 saturated carbocycles. The van der Waals surface area contributed by atoms with E-state index in [1.165, 1.54) is 0 Å². The van der Waals surface area contributed by atoms with Crippen molar-refractivity contribution in [2.75, 3.05) is 30.4 Å². The third-order valence-electron chi connectivity index (χ3n) is 5.44.